The van der Waals surface area contributed by atoms with Gasteiger partial charge in [0.25, 0.3) is 0 Å². The quantitative estimate of drug-likeness (QED) is 0.680. The average molecular weight is 292 g/mol. The molecule has 3 aromatic heterocycles. The Morgan fingerprint density at radius 3 is 2.75 bits per heavy atom. The number of nitrogens with zero attached hydrogens (tertiary/aromatic N) is 5. The van der Waals surface area contributed by atoms with Crippen molar-refractivity contribution in [3.8, 4) is 11.4 Å². The van der Waals surface area contributed by atoms with Crippen molar-refractivity contribution in [2.45, 2.75) is 19.9 Å². The van der Waals surface area contributed by atoms with Crippen LogP contribution in [0.15, 0.2) is 24.8 Å². The van der Waals surface area contributed by atoms with Crippen LogP contribution >= 0.6 is 11.6 Å². The summed E-state index contributed by atoms with van der Waals surface area (Å²) in [5.74, 6) is -0.114. The molecular weight excluding hydrogens is 281 g/mol. The van der Waals surface area contributed by atoms with Gasteiger partial charge in [-0.25, -0.2) is 19.3 Å². The van der Waals surface area contributed by atoms with Gasteiger partial charge in [-0.15, -0.1) is 0 Å². The standard InChI is InChI=1S/C13H11ClFN5/c1-7(2)20-6-17-10-11(14)18-12(19-13(10)20)8-3-9(15)5-16-4-8/h3-7H,1-2H3. The van der Waals surface area contributed by atoms with Gasteiger partial charge < -0.3 is 4.57 Å². The lowest BCUT2D eigenvalue weighted by molar-refractivity contribution is 0.612. The molecule has 0 aliphatic carbocycles. The summed E-state index contributed by atoms with van der Waals surface area (Å²) >= 11 is 6.13. The van der Waals surface area contributed by atoms with Gasteiger partial charge in [0, 0.05) is 17.8 Å². The predicted octanol–water partition coefficient (Wildman–Crippen LogP) is 3.26. The maximum Gasteiger partial charge on any atom is 0.165 e. The van der Waals surface area contributed by atoms with Gasteiger partial charge in [0.05, 0.1) is 12.5 Å². The number of imidazole rings is 1. The van der Waals surface area contributed by atoms with Gasteiger partial charge in [-0.2, -0.15) is 0 Å². The minimum Gasteiger partial charge on any atom is -0.313 e. The first-order chi connectivity index (χ1) is 9.56. The summed E-state index contributed by atoms with van der Waals surface area (Å²) < 4.78 is 15.1. The summed E-state index contributed by atoms with van der Waals surface area (Å²) in [5.41, 5.74) is 1.64. The molecule has 0 N–H and O–H groups in total. The first-order valence-electron chi connectivity index (χ1n) is 6.07. The lowest BCUT2D eigenvalue weighted by atomic mass is 10.2. The Balaban J connectivity index is 2.25. The highest BCUT2D eigenvalue weighted by Crippen LogP contribution is 2.25. The van der Waals surface area contributed by atoms with E-state index in [2.05, 4.69) is 19.9 Å². The summed E-state index contributed by atoms with van der Waals surface area (Å²) in [6.45, 7) is 4.03. The Bertz CT molecular complexity index is 784. The van der Waals surface area contributed by atoms with E-state index in [0.29, 0.717) is 22.6 Å². The molecule has 3 rings (SSSR count). The van der Waals surface area contributed by atoms with Crippen molar-refractivity contribution < 1.29 is 4.39 Å². The number of fused-ring (bicyclic) bond motifs is 1. The Kier molecular flexibility index (Phi) is 3.10. The molecule has 5 nitrogen and oxygen atoms in total. The molecule has 3 aromatic rings. The third-order valence-corrected chi connectivity index (χ3v) is 3.16. The molecule has 0 aliphatic rings. The summed E-state index contributed by atoms with van der Waals surface area (Å²) in [7, 11) is 0. The highest BCUT2D eigenvalue weighted by atomic mass is 35.5. The SMILES string of the molecule is CC(C)n1cnc2c(Cl)nc(-c3cncc(F)c3)nc21. The zero-order valence-electron chi connectivity index (χ0n) is 10.9. The normalized spacial score (nSPS) is 11.4. The van der Waals surface area contributed by atoms with E-state index in [1.165, 1.54) is 12.3 Å². The summed E-state index contributed by atoms with van der Waals surface area (Å²) in [6, 6.07) is 1.50. The summed E-state index contributed by atoms with van der Waals surface area (Å²) in [4.78, 5) is 16.6. The lowest BCUT2D eigenvalue weighted by Crippen LogP contribution is -2.01. The maximum atomic E-state index is 13.2. The molecule has 0 bridgehead atoms. The largest absolute Gasteiger partial charge is 0.313 e. The van der Waals surface area contributed by atoms with Gasteiger partial charge in [0.2, 0.25) is 0 Å². The van der Waals surface area contributed by atoms with Crippen molar-refractivity contribution in [1.82, 2.24) is 24.5 Å². The molecule has 0 amide bonds. The van der Waals surface area contributed by atoms with E-state index in [-0.39, 0.29) is 11.2 Å². The van der Waals surface area contributed by atoms with Crippen LogP contribution in [-0.2, 0) is 0 Å². The molecule has 0 radical (unpaired) electrons. The van der Waals surface area contributed by atoms with Gasteiger partial charge in [-0.05, 0) is 19.9 Å². The van der Waals surface area contributed by atoms with E-state index >= 15 is 0 Å². The van der Waals surface area contributed by atoms with E-state index < -0.39 is 5.82 Å². The molecule has 0 aromatic carbocycles. The highest BCUT2D eigenvalue weighted by molar-refractivity contribution is 6.33. The van der Waals surface area contributed by atoms with Crippen molar-refractivity contribution in [2.24, 2.45) is 0 Å². The molecule has 0 aliphatic heterocycles. The molecule has 20 heavy (non-hydrogen) atoms. The average Bonchev–Trinajstić information content (AvgIpc) is 2.83. The van der Waals surface area contributed by atoms with Crippen LogP contribution in [0.25, 0.3) is 22.6 Å². The van der Waals surface area contributed by atoms with Gasteiger partial charge in [-0.3, -0.25) is 4.98 Å². The van der Waals surface area contributed by atoms with Crippen LogP contribution < -0.4 is 0 Å². The van der Waals surface area contributed by atoms with E-state index in [9.17, 15) is 4.39 Å². The monoisotopic (exact) mass is 291 g/mol. The summed E-state index contributed by atoms with van der Waals surface area (Å²) in [5, 5.41) is 0.244. The second-order valence-corrected chi connectivity index (χ2v) is 5.01. The fraction of sp³-hybridized carbons (Fsp3) is 0.231. The molecular formula is C13H11ClFN5. The van der Waals surface area contributed by atoms with Crippen molar-refractivity contribution in [3.63, 3.8) is 0 Å². The van der Waals surface area contributed by atoms with Crippen molar-refractivity contribution in [2.75, 3.05) is 0 Å². The first-order valence-corrected chi connectivity index (χ1v) is 6.45. The summed E-state index contributed by atoms with van der Waals surface area (Å²) in [6.07, 6.45) is 4.29. The third kappa shape index (κ3) is 2.12. The lowest BCUT2D eigenvalue weighted by Gasteiger charge is -2.08. The van der Waals surface area contributed by atoms with Crippen LogP contribution in [0.3, 0.4) is 0 Å². The van der Waals surface area contributed by atoms with E-state index in [1.54, 1.807) is 6.33 Å². The van der Waals surface area contributed by atoms with Gasteiger partial charge in [0.15, 0.2) is 16.6 Å². The van der Waals surface area contributed by atoms with Crippen LogP contribution in [0.5, 0.6) is 0 Å². The molecule has 0 spiro atoms. The van der Waals surface area contributed by atoms with E-state index in [0.717, 1.165) is 6.20 Å². The zero-order valence-corrected chi connectivity index (χ0v) is 11.6. The Morgan fingerprint density at radius 2 is 2.05 bits per heavy atom. The molecule has 102 valence electrons. The number of pyridine rings is 1. The minimum atomic E-state index is -0.445. The van der Waals surface area contributed by atoms with E-state index in [4.69, 9.17) is 11.6 Å². The Hall–Kier alpha value is -2.08. The van der Waals surface area contributed by atoms with Crippen LogP contribution in [-0.4, -0.2) is 24.5 Å². The minimum absolute atomic E-state index is 0.185. The molecule has 0 atom stereocenters. The number of halogens is 2. The van der Waals surface area contributed by atoms with Crippen molar-refractivity contribution >= 4 is 22.8 Å². The van der Waals surface area contributed by atoms with Crippen molar-refractivity contribution in [1.29, 1.82) is 0 Å². The second kappa shape index (κ2) is 4.79. The molecule has 0 saturated heterocycles. The predicted molar refractivity (Wildman–Crippen MR) is 73.9 cm³/mol. The Morgan fingerprint density at radius 1 is 1.25 bits per heavy atom. The van der Waals surface area contributed by atoms with Crippen LogP contribution in [0, 0.1) is 5.82 Å². The van der Waals surface area contributed by atoms with E-state index in [1.807, 2.05) is 18.4 Å². The van der Waals surface area contributed by atoms with Crippen LogP contribution in [0.2, 0.25) is 5.15 Å². The third-order valence-electron chi connectivity index (χ3n) is 2.90. The number of rotatable bonds is 2. The number of hydrogen-bond acceptors (Lipinski definition) is 4. The number of aromatic nitrogens is 5. The Labute approximate surface area is 119 Å². The first kappa shape index (κ1) is 12.9. The van der Waals surface area contributed by atoms with Crippen molar-refractivity contribution in [3.05, 3.63) is 35.8 Å². The van der Waals surface area contributed by atoms with Crippen LogP contribution in [0.4, 0.5) is 4.39 Å². The highest BCUT2D eigenvalue weighted by Gasteiger charge is 2.14. The molecule has 0 fully saturated rings. The van der Waals surface area contributed by atoms with Gasteiger partial charge >= 0.3 is 0 Å². The van der Waals surface area contributed by atoms with Crippen LogP contribution in [0.1, 0.15) is 19.9 Å². The van der Waals surface area contributed by atoms with Gasteiger partial charge in [-0.1, -0.05) is 11.6 Å². The fourth-order valence-electron chi connectivity index (χ4n) is 1.92. The smallest absolute Gasteiger partial charge is 0.165 e. The topological polar surface area (TPSA) is 56.5 Å². The zero-order chi connectivity index (χ0) is 14.3. The van der Waals surface area contributed by atoms with Gasteiger partial charge in [0.1, 0.15) is 11.3 Å². The molecule has 3 heterocycles. The fourth-order valence-corrected chi connectivity index (χ4v) is 2.14. The molecule has 0 unspecified atom stereocenters. The number of hydrogen-bond donors (Lipinski definition) is 0. The second-order valence-electron chi connectivity index (χ2n) is 4.65. The maximum absolute atomic E-state index is 13.2. The molecule has 0 saturated carbocycles. The molecule has 7 heteroatoms.